The molecular formula is C11H19N3S. The molecule has 0 aromatic carbocycles. The molecule has 1 unspecified atom stereocenters. The van der Waals surface area contributed by atoms with Crippen LogP contribution < -0.4 is 11.2 Å². The van der Waals surface area contributed by atoms with Crippen LogP contribution in [0.2, 0.25) is 0 Å². The van der Waals surface area contributed by atoms with Gasteiger partial charge in [-0.05, 0) is 42.8 Å². The Labute approximate surface area is 96.5 Å². The average Bonchev–Trinajstić information content (AvgIpc) is 2.46. The Kier molecular flexibility index (Phi) is 2.30. The SMILES string of the molecule is CC1(C)C2CC[C@]1(C)C(=NNC(N)=S)C2. The lowest BCUT2D eigenvalue weighted by atomic mass is 9.70. The minimum atomic E-state index is 0.232. The minimum Gasteiger partial charge on any atom is -0.375 e. The summed E-state index contributed by atoms with van der Waals surface area (Å²) in [6.07, 6.45) is 3.66. The van der Waals surface area contributed by atoms with E-state index in [0.717, 1.165) is 12.3 Å². The second-order valence-electron chi connectivity index (χ2n) is 5.53. The van der Waals surface area contributed by atoms with Crippen molar-refractivity contribution >= 4 is 23.0 Å². The van der Waals surface area contributed by atoms with Gasteiger partial charge in [0.2, 0.25) is 0 Å². The van der Waals surface area contributed by atoms with E-state index in [1.165, 1.54) is 18.6 Å². The summed E-state index contributed by atoms with van der Waals surface area (Å²) < 4.78 is 0. The molecule has 2 fully saturated rings. The van der Waals surface area contributed by atoms with Gasteiger partial charge in [0.1, 0.15) is 0 Å². The highest BCUT2D eigenvalue weighted by atomic mass is 32.1. The molecule has 4 heteroatoms. The van der Waals surface area contributed by atoms with Crippen molar-refractivity contribution in [2.45, 2.75) is 40.0 Å². The zero-order valence-corrected chi connectivity index (χ0v) is 10.4. The van der Waals surface area contributed by atoms with Crippen LogP contribution in [0.1, 0.15) is 40.0 Å². The zero-order valence-electron chi connectivity index (χ0n) is 9.63. The molecule has 2 aliphatic carbocycles. The van der Waals surface area contributed by atoms with Gasteiger partial charge in [-0.15, -0.1) is 0 Å². The standard InChI is InChI=1S/C11H19N3S/c1-10(2)7-4-5-11(10,3)8(6-7)13-14-9(12)15/h7H,4-6H2,1-3H3,(H3,12,14,15)/t7?,11-/m1/s1. The summed E-state index contributed by atoms with van der Waals surface area (Å²) >= 11 is 4.77. The smallest absolute Gasteiger partial charge is 0.184 e. The van der Waals surface area contributed by atoms with Gasteiger partial charge < -0.3 is 5.73 Å². The molecule has 0 spiro atoms. The zero-order chi connectivity index (χ0) is 11.3. The molecule has 15 heavy (non-hydrogen) atoms. The third-order valence-corrected chi connectivity index (χ3v) is 4.90. The molecule has 2 atom stereocenters. The molecule has 3 nitrogen and oxygen atoms in total. The highest BCUT2D eigenvalue weighted by Crippen LogP contribution is 2.63. The predicted molar refractivity (Wildman–Crippen MR) is 66.6 cm³/mol. The third-order valence-electron chi connectivity index (χ3n) is 4.81. The van der Waals surface area contributed by atoms with Gasteiger partial charge in [-0.2, -0.15) is 5.10 Å². The molecule has 2 aliphatic rings. The van der Waals surface area contributed by atoms with Crippen molar-refractivity contribution < 1.29 is 0 Å². The van der Waals surface area contributed by atoms with Crippen molar-refractivity contribution in [1.82, 2.24) is 5.43 Å². The largest absolute Gasteiger partial charge is 0.375 e. The molecule has 2 saturated carbocycles. The molecule has 0 aliphatic heterocycles. The van der Waals surface area contributed by atoms with E-state index in [2.05, 4.69) is 31.3 Å². The quantitative estimate of drug-likeness (QED) is 0.530. The lowest BCUT2D eigenvalue weighted by Crippen LogP contribution is -2.35. The monoisotopic (exact) mass is 225 g/mol. The molecule has 3 N–H and O–H groups in total. The van der Waals surface area contributed by atoms with E-state index in [-0.39, 0.29) is 10.5 Å². The van der Waals surface area contributed by atoms with Crippen LogP contribution in [0.5, 0.6) is 0 Å². The summed E-state index contributed by atoms with van der Waals surface area (Å²) in [5.74, 6) is 0.773. The van der Waals surface area contributed by atoms with Crippen molar-refractivity contribution in [3.8, 4) is 0 Å². The predicted octanol–water partition coefficient (Wildman–Crippen LogP) is 2.02. The van der Waals surface area contributed by atoms with E-state index in [9.17, 15) is 0 Å². The highest BCUT2D eigenvalue weighted by molar-refractivity contribution is 7.80. The van der Waals surface area contributed by atoms with Gasteiger partial charge in [-0.25, -0.2) is 0 Å². The maximum Gasteiger partial charge on any atom is 0.184 e. The Morgan fingerprint density at radius 3 is 2.60 bits per heavy atom. The van der Waals surface area contributed by atoms with Gasteiger partial charge >= 0.3 is 0 Å². The Balaban J connectivity index is 2.26. The minimum absolute atomic E-state index is 0.232. The molecule has 0 saturated heterocycles. The number of hydrazone groups is 1. The number of hydrogen-bond donors (Lipinski definition) is 2. The topological polar surface area (TPSA) is 50.4 Å². The first-order valence-electron chi connectivity index (χ1n) is 5.50. The maximum absolute atomic E-state index is 5.39. The number of thiocarbonyl (C=S) groups is 1. The van der Waals surface area contributed by atoms with Crippen LogP contribution in [-0.2, 0) is 0 Å². The van der Waals surface area contributed by atoms with Crippen molar-refractivity contribution in [2.75, 3.05) is 0 Å². The van der Waals surface area contributed by atoms with Gasteiger partial charge in [0.15, 0.2) is 5.11 Å². The molecular weight excluding hydrogens is 206 g/mol. The second-order valence-corrected chi connectivity index (χ2v) is 5.97. The molecule has 0 aromatic heterocycles. The molecule has 0 amide bonds. The van der Waals surface area contributed by atoms with Gasteiger partial charge in [0, 0.05) is 11.1 Å². The summed E-state index contributed by atoms with van der Waals surface area (Å²) in [6.45, 7) is 7.03. The van der Waals surface area contributed by atoms with E-state index in [1.807, 2.05) is 0 Å². The van der Waals surface area contributed by atoms with Crippen LogP contribution in [0, 0.1) is 16.7 Å². The van der Waals surface area contributed by atoms with Crippen LogP contribution in [0.15, 0.2) is 5.10 Å². The van der Waals surface area contributed by atoms with E-state index < -0.39 is 0 Å². The first kappa shape index (κ1) is 10.9. The van der Waals surface area contributed by atoms with E-state index in [4.69, 9.17) is 18.0 Å². The molecule has 0 radical (unpaired) electrons. The van der Waals surface area contributed by atoms with Crippen LogP contribution in [0.3, 0.4) is 0 Å². The number of fused-ring (bicyclic) bond motifs is 2. The maximum atomic E-state index is 5.39. The van der Waals surface area contributed by atoms with E-state index in [1.54, 1.807) is 0 Å². The highest BCUT2D eigenvalue weighted by Gasteiger charge is 2.59. The number of nitrogens with one attached hydrogen (secondary N) is 1. The fourth-order valence-electron chi connectivity index (χ4n) is 3.22. The number of nitrogens with zero attached hydrogens (tertiary/aromatic N) is 1. The van der Waals surface area contributed by atoms with Crippen molar-refractivity contribution in [1.29, 1.82) is 0 Å². The van der Waals surface area contributed by atoms with Gasteiger partial charge in [0.05, 0.1) is 0 Å². The summed E-state index contributed by atoms with van der Waals surface area (Å²) in [4.78, 5) is 0. The number of rotatable bonds is 1. The summed E-state index contributed by atoms with van der Waals surface area (Å²) in [5, 5.41) is 4.63. The van der Waals surface area contributed by atoms with Crippen molar-refractivity contribution in [2.24, 2.45) is 27.6 Å². The van der Waals surface area contributed by atoms with Gasteiger partial charge in [-0.1, -0.05) is 20.8 Å². The average molecular weight is 225 g/mol. The fourth-order valence-corrected chi connectivity index (χ4v) is 3.27. The fraction of sp³-hybridized carbons (Fsp3) is 0.818. The molecule has 2 bridgehead atoms. The molecule has 2 rings (SSSR count). The second kappa shape index (κ2) is 3.17. The van der Waals surface area contributed by atoms with Crippen LogP contribution in [-0.4, -0.2) is 10.8 Å². The van der Waals surface area contributed by atoms with Gasteiger partial charge in [0.25, 0.3) is 0 Å². The van der Waals surface area contributed by atoms with Gasteiger partial charge in [-0.3, -0.25) is 5.43 Å². The summed E-state index contributed by atoms with van der Waals surface area (Å²) in [6, 6.07) is 0. The summed E-state index contributed by atoms with van der Waals surface area (Å²) in [7, 11) is 0. The molecule has 0 heterocycles. The number of hydrogen-bond acceptors (Lipinski definition) is 2. The van der Waals surface area contributed by atoms with Crippen LogP contribution in [0.4, 0.5) is 0 Å². The van der Waals surface area contributed by atoms with E-state index in [0.29, 0.717) is 5.41 Å². The summed E-state index contributed by atoms with van der Waals surface area (Å²) in [5.41, 5.74) is 9.97. The lowest BCUT2D eigenvalue weighted by molar-refractivity contribution is 0.193. The Morgan fingerprint density at radius 1 is 1.53 bits per heavy atom. The molecule has 0 aromatic rings. The Morgan fingerprint density at radius 2 is 2.20 bits per heavy atom. The Bertz CT molecular complexity index is 335. The van der Waals surface area contributed by atoms with Crippen molar-refractivity contribution in [3.63, 3.8) is 0 Å². The van der Waals surface area contributed by atoms with Crippen LogP contribution in [0.25, 0.3) is 0 Å². The Hall–Kier alpha value is -0.640. The van der Waals surface area contributed by atoms with E-state index >= 15 is 0 Å². The lowest BCUT2D eigenvalue weighted by Gasteiger charge is -2.34. The first-order chi connectivity index (χ1) is 6.88. The normalized spacial score (nSPS) is 39.7. The molecule has 84 valence electrons. The first-order valence-corrected chi connectivity index (χ1v) is 5.91. The number of nitrogens with two attached hydrogens (primary N) is 1. The van der Waals surface area contributed by atoms with Crippen LogP contribution >= 0.6 is 12.2 Å². The third kappa shape index (κ3) is 1.38. The van der Waals surface area contributed by atoms with Crippen molar-refractivity contribution in [3.05, 3.63) is 0 Å².